The number of carboxylic acids is 1. The number of nitrogens with one attached hydrogen (secondary N) is 1. The van der Waals surface area contributed by atoms with Crippen molar-refractivity contribution in [1.82, 2.24) is 5.32 Å². The minimum Gasteiger partial charge on any atom is -0.496 e. The molecule has 5 heteroatoms. The zero-order valence-corrected chi connectivity index (χ0v) is 13.6. The Kier molecular flexibility index (Phi) is 7.43. The van der Waals surface area contributed by atoms with Gasteiger partial charge in [-0.25, -0.2) is 0 Å². The van der Waals surface area contributed by atoms with E-state index in [1.807, 2.05) is 26.0 Å². The van der Waals surface area contributed by atoms with E-state index in [-0.39, 0.29) is 12.3 Å². The predicted molar refractivity (Wildman–Crippen MR) is 85.5 cm³/mol. The van der Waals surface area contributed by atoms with Gasteiger partial charge in [0.05, 0.1) is 7.11 Å². The summed E-state index contributed by atoms with van der Waals surface area (Å²) >= 11 is 0. The van der Waals surface area contributed by atoms with Crippen LogP contribution < -0.4 is 10.1 Å². The highest BCUT2D eigenvalue weighted by Gasteiger charge is 2.10. The van der Waals surface area contributed by atoms with E-state index >= 15 is 0 Å². The van der Waals surface area contributed by atoms with Gasteiger partial charge in [0.1, 0.15) is 5.75 Å². The number of rotatable bonds is 9. The molecule has 1 rings (SSSR count). The lowest BCUT2D eigenvalue weighted by Crippen LogP contribution is -2.24. The van der Waals surface area contributed by atoms with E-state index in [0.29, 0.717) is 18.5 Å². The molecule has 0 fully saturated rings. The Bertz CT molecular complexity index is 502. The molecular weight excluding hydrogens is 282 g/mol. The first-order valence-electron chi connectivity index (χ1n) is 7.61. The van der Waals surface area contributed by atoms with E-state index in [0.717, 1.165) is 36.1 Å². The number of methoxy groups -OCH3 is 1. The molecule has 0 aliphatic carbocycles. The fraction of sp³-hybridized carbons (Fsp3) is 0.529. The molecule has 0 atom stereocenters. The second kappa shape index (κ2) is 9.07. The number of carbonyl (C=O) groups is 2. The molecule has 0 saturated carbocycles. The molecule has 22 heavy (non-hydrogen) atoms. The van der Waals surface area contributed by atoms with Crippen LogP contribution in [-0.2, 0) is 4.79 Å². The van der Waals surface area contributed by atoms with Crippen molar-refractivity contribution in [2.75, 3.05) is 13.7 Å². The second-order valence-corrected chi connectivity index (χ2v) is 5.46. The van der Waals surface area contributed by atoms with Gasteiger partial charge in [0.25, 0.3) is 5.91 Å². The Hall–Kier alpha value is -2.04. The highest BCUT2D eigenvalue weighted by Crippen LogP contribution is 2.24. The molecule has 1 aromatic rings. The summed E-state index contributed by atoms with van der Waals surface area (Å²) in [5.41, 5.74) is 2.53. The van der Waals surface area contributed by atoms with E-state index in [1.165, 1.54) is 0 Å². The summed E-state index contributed by atoms with van der Waals surface area (Å²) in [6, 6.07) is 3.65. The Morgan fingerprint density at radius 1 is 1.09 bits per heavy atom. The number of aliphatic carboxylic acids is 1. The van der Waals surface area contributed by atoms with Gasteiger partial charge in [-0.1, -0.05) is 12.8 Å². The Labute approximate surface area is 131 Å². The van der Waals surface area contributed by atoms with Gasteiger partial charge in [-0.05, 0) is 49.9 Å². The van der Waals surface area contributed by atoms with E-state index in [4.69, 9.17) is 9.84 Å². The van der Waals surface area contributed by atoms with Crippen LogP contribution in [0.1, 0.15) is 53.6 Å². The lowest BCUT2D eigenvalue weighted by Gasteiger charge is -2.11. The molecule has 0 spiro atoms. The lowest BCUT2D eigenvalue weighted by atomic mass is 10.0. The molecule has 122 valence electrons. The van der Waals surface area contributed by atoms with Gasteiger partial charge in [0, 0.05) is 18.5 Å². The zero-order valence-electron chi connectivity index (χ0n) is 13.6. The summed E-state index contributed by atoms with van der Waals surface area (Å²) in [7, 11) is 1.62. The predicted octanol–water partition coefficient (Wildman–Crippen LogP) is 3.08. The fourth-order valence-corrected chi connectivity index (χ4v) is 2.46. The number of hydrogen-bond donors (Lipinski definition) is 2. The van der Waals surface area contributed by atoms with Crippen LogP contribution in [0.25, 0.3) is 0 Å². The first-order valence-corrected chi connectivity index (χ1v) is 7.61. The minimum absolute atomic E-state index is 0.0839. The molecule has 0 bridgehead atoms. The Morgan fingerprint density at radius 3 is 2.23 bits per heavy atom. The normalized spacial score (nSPS) is 10.3. The standard InChI is InChI=1S/C17H25NO4/c1-12-10-14(11-13(2)16(12)22-3)17(21)18-9-7-5-4-6-8-15(19)20/h10-11H,4-9H2,1-3H3,(H,18,21)(H,19,20). The van der Waals surface area contributed by atoms with Crippen molar-refractivity contribution in [2.45, 2.75) is 46.0 Å². The molecule has 2 N–H and O–H groups in total. The highest BCUT2D eigenvalue weighted by atomic mass is 16.5. The van der Waals surface area contributed by atoms with E-state index in [1.54, 1.807) is 7.11 Å². The summed E-state index contributed by atoms with van der Waals surface area (Å²) in [6.07, 6.45) is 3.58. The van der Waals surface area contributed by atoms with Crippen molar-refractivity contribution in [3.05, 3.63) is 28.8 Å². The quantitative estimate of drug-likeness (QED) is 0.687. The lowest BCUT2D eigenvalue weighted by molar-refractivity contribution is -0.137. The second-order valence-electron chi connectivity index (χ2n) is 5.46. The Balaban J connectivity index is 2.35. The average Bonchev–Trinajstić information content (AvgIpc) is 2.45. The fourth-order valence-electron chi connectivity index (χ4n) is 2.46. The number of unbranched alkanes of at least 4 members (excludes halogenated alkanes) is 3. The summed E-state index contributed by atoms with van der Waals surface area (Å²) < 4.78 is 5.29. The number of amides is 1. The summed E-state index contributed by atoms with van der Waals surface area (Å²) in [4.78, 5) is 22.5. The first-order chi connectivity index (χ1) is 10.5. The van der Waals surface area contributed by atoms with E-state index in [2.05, 4.69) is 5.32 Å². The van der Waals surface area contributed by atoms with Gasteiger partial charge in [-0.15, -0.1) is 0 Å². The number of carbonyl (C=O) groups excluding carboxylic acids is 1. The zero-order chi connectivity index (χ0) is 16.5. The van der Waals surface area contributed by atoms with Crippen molar-refractivity contribution in [3.8, 4) is 5.75 Å². The van der Waals surface area contributed by atoms with Crippen molar-refractivity contribution < 1.29 is 19.4 Å². The molecule has 0 aliphatic heterocycles. The van der Waals surface area contributed by atoms with Crippen LogP contribution in [0, 0.1) is 13.8 Å². The van der Waals surface area contributed by atoms with Crippen LogP contribution in [-0.4, -0.2) is 30.6 Å². The number of aryl methyl sites for hydroxylation is 2. The third-order valence-electron chi connectivity index (χ3n) is 3.53. The molecule has 1 aromatic carbocycles. The topological polar surface area (TPSA) is 75.6 Å². The maximum atomic E-state index is 12.1. The van der Waals surface area contributed by atoms with Crippen LogP contribution in [0.15, 0.2) is 12.1 Å². The van der Waals surface area contributed by atoms with E-state index < -0.39 is 5.97 Å². The van der Waals surface area contributed by atoms with Gasteiger partial charge in [-0.3, -0.25) is 9.59 Å². The largest absolute Gasteiger partial charge is 0.496 e. The van der Waals surface area contributed by atoms with Gasteiger partial charge >= 0.3 is 5.97 Å². The van der Waals surface area contributed by atoms with Gasteiger partial charge in [0.15, 0.2) is 0 Å². The van der Waals surface area contributed by atoms with Crippen LogP contribution in [0.5, 0.6) is 5.75 Å². The molecular formula is C17H25NO4. The van der Waals surface area contributed by atoms with Crippen molar-refractivity contribution in [1.29, 1.82) is 0 Å². The summed E-state index contributed by atoms with van der Waals surface area (Å²) in [5.74, 6) is -0.0204. The third-order valence-corrected chi connectivity index (χ3v) is 3.53. The molecule has 0 aliphatic rings. The SMILES string of the molecule is COc1c(C)cc(C(=O)NCCCCCCC(=O)O)cc1C. The molecule has 0 unspecified atom stereocenters. The number of ether oxygens (including phenoxy) is 1. The van der Waals surface area contributed by atoms with Crippen molar-refractivity contribution >= 4 is 11.9 Å². The van der Waals surface area contributed by atoms with Crippen molar-refractivity contribution in [2.24, 2.45) is 0 Å². The van der Waals surface area contributed by atoms with E-state index in [9.17, 15) is 9.59 Å². The third kappa shape index (κ3) is 5.76. The maximum Gasteiger partial charge on any atom is 0.303 e. The van der Waals surface area contributed by atoms with Crippen LogP contribution in [0.4, 0.5) is 0 Å². The van der Waals surface area contributed by atoms with Crippen LogP contribution in [0.2, 0.25) is 0 Å². The summed E-state index contributed by atoms with van der Waals surface area (Å²) in [5, 5.41) is 11.4. The first kappa shape index (κ1) is 18.0. The molecule has 0 saturated heterocycles. The molecule has 0 heterocycles. The maximum absolute atomic E-state index is 12.1. The molecule has 5 nitrogen and oxygen atoms in total. The van der Waals surface area contributed by atoms with Crippen LogP contribution >= 0.6 is 0 Å². The Morgan fingerprint density at radius 2 is 1.68 bits per heavy atom. The van der Waals surface area contributed by atoms with Gasteiger partial charge in [0.2, 0.25) is 0 Å². The van der Waals surface area contributed by atoms with Crippen molar-refractivity contribution in [3.63, 3.8) is 0 Å². The number of hydrogen-bond acceptors (Lipinski definition) is 3. The molecule has 0 aromatic heterocycles. The summed E-state index contributed by atoms with van der Waals surface area (Å²) in [6.45, 7) is 4.45. The smallest absolute Gasteiger partial charge is 0.303 e. The van der Waals surface area contributed by atoms with Gasteiger partial charge in [-0.2, -0.15) is 0 Å². The average molecular weight is 307 g/mol. The number of carboxylic acid groups (broad SMARTS) is 1. The van der Waals surface area contributed by atoms with Gasteiger partial charge < -0.3 is 15.2 Å². The minimum atomic E-state index is -0.751. The molecule has 1 amide bonds. The van der Waals surface area contributed by atoms with Crippen LogP contribution in [0.3, 0.4) is 0 Å². The number of benzene rings is 1. The molecule has 0 radical (unpaired) electrons. The highest BCUT2D eigenvalue weighted by molar-refractivity contribution is 5.94. The monoisotopic (exact) mass is 307 g/mol.